The van der Waals surface area contributed by atoms with Gasteiger partial charge >= 0.3 is 0 Å². The van der Waals surface area contributed by atoms with Crippen LogP contribution in [0.5, 0.6) is 0 Å². The van der Waals surface area contributed by atoms with E-state index in [1.165, 1.54) is 0 Å². The highest BCUT2D eigenvalue weighted by molar-refractivity contribution is 7.11. The lowest BCUT2D eigenvalue weighted by molar-refractivity contribution is -0.0903. The summed E-state index contributed by atoms with van der Waals surface area (Å²) in [6.07, 6.45) is -0.0333. The quantitative estimate of drug-likeness (QED) is 0.834. The zero-order valence-electron chi connectivity index (χ0n) is 8.90. The molecule has 2 rings (SSSR count). The molecule has 5 nitrogen and oxygen atoms in total. The number of nitrogens with zero attached hydrogens (tertiary/aromatic N) is 2. The van der Waals surface area contributed by atoms with Crippen molar-refractivity contribution in [3.63, 3.8) is 0 Å². The third-order valence-corrected chi connectivity index (χ3v) is 3.55. The molecule has 1 aliphatic rings. The molecule has 0 spiro atoms. The molecular formula is C9H15N3O2S. The molecule has 1 aromatic heterocycles. The van der Waals surface area contributed by atoms with Crippen molar-refractivity contribution in [3.05, 3.63) is 10.0 Å². The van der Waals surface area contributed by atoms with Gasteiger partial charge in [-0.3, -0.25) is 0 Å². The maximum atomic E-state index is 5.55. The van der Waals surface area contributed by atoms with Gasteiger partial charge in [-0.05, 0) is 14.0 Å². The lowest BCUT2D eigenvalue weighted by Crippen LogP contribution is -2.21. The van der Waals surface area contributed by atoms with E-state index in [-0.39, 0.29) is 12.1 Å². The van der Waals surface area contributed by atoms with Crippen molar-refractivity contribution in [1.29, 1.82) is 0 Å². The molecule has 1 N–H and O–H groups in total. The van der Waals surface area contributed by atoms with Crippen LogP contribution in [0.2, 0.25) is 0 Å². The first-order valence-corrected chi connectivity index (χ1v) is 5.83. The molecule has 1 saturated heterocycles. The molecule has 0 aromatic carbocycles. The minimum Gasteiger partial charge on any atom is -0.376 e. The van der Waals surface area contributed by atoms with E-state index in [9.17, 15) is 0 Å². The number of ether oxygens (including phenoxy) is 2. The van der Waals surface area contributed by atoms with Gasteiger partial charge in [0.05, 0.1) is 25.9 Å². The molecule has 6 heteroatoms. The molecule has 0 amide bonds. The van der Waals surface area contributed by atoms with Gasteiger partial charge in [0.15, 0.2) is 0 Å². The van der Waals surface area contributed by atoms with Crippen molar-refractivity contribution in [1.82, 2.24) is 15.5 Å². The molecule has 15 heavy (non-hydrogen) atoms. The van der Waals surface area contributed by atoms with Crippen LogP contribution in [0.3, 0.4) is 0 Å². The molecule has 0 aliphatic carbocycles. The average molecular weight is 229 g/mol. The zero-order valence-corrected chi connectivity index (χ0v) is 9.71. The lowest BCUT2D eigenvalue weighted by atomic mass is 10.4. The van der Waals surface area contributed by atoms with E-state index in [0.29, 0.717) is 19.8 Å². The Morgan fingerprint density at radius 1 is 1.47 bits per heavy atom. The molecule has 2 unspecified atom stereocenters. The number of hydrogen-bond donors (Lipinski definition) is 1. The van der Waals surface area contributed by atoms with E-state index >= 15 is 0 Å². The van der Waals surface area contributed by atoms with Gasteiger partial charge in [-0.15, -0.1) is 10.2 Å². The van der Waals surface area contributed by atoms with Gasteiger partial charge in [-0.2, -0.15) is 0 Å². The lowest BCUT2D eigenvalue weighted by Gasteiger charge is -2.20. The summed E-state index contributed by atoms with van der Waals surface area (Å²) in [6.45, 7) is 3.96. The van der Waals surface area contributed by atoms with E-state index < -0.39 is 0 Å². The summed E-state index contributed by atoms with van der Waals surface area (Å²) in [5.41, 5.74) is 0. The third kappa shape index (κ3) is 2.52. The number of hydrogen-bond acceptors (Lipinski definition) is 6. The Hall–Kier alpha value is -0.560. The van der Waals surface area contributed by atoms with Crippen LogP contribution in [-0.2, 0) is 9.47 Å². The minimum atomic E-state index is -0.0333. The van der Waals surface area contributed by atoms with Gasteiger partial charge in [0.25, 0.3) is 0 Å². The van der Waals surface area contributed by atoms with Crippen molar-refractivity contribution in [2.24, 2.45) is 0 Å². The molecule has 84 valence electrons. The molecular weight excluding hydrogens is 214 g/mol. The van der Waals surface area contributed by atoms with Crippen molar-refractivity contribution in [2.75, 3.05) is 26.9 Å². The second-order valence-corrected chi connectivity index (χ2v) is 4.46. The molecule has 2 atom stereocenters. The SMILES string of the molecule is CNC(C)c1nnc(C2COCCO2)s1. The minimum absolute atomic E-state index is 0.0333. The fraction of sp³-hybridized carbons (Fsp3) is 0.778. The maximum absolute atomic E-state index is 5.55. The Morgan fingerprint density at radius 3 is 3.00 bits per heavy atom. The van der Waals surface area contributed by atoms with Crippen molar-refractivity contribution in [2.45, 2.75) is 19.1 Å². The Labute approximate surface area is 92.8 Å². The molecule has 1 aromatic rings. The summed E-state index contributed by atoms with van der Waals surface area (Å²) in [6, 6.07) is 0.237. The maximum Gasteiger partial charge on any atom is 0.148 e. The fourth-order valence-corrected chi connectivity index (χ4v) is 2.25. The third-order valence-electron chi connectivity index (χ3n) is 2.35. The van der Waals surface area contributed by atoms with Crippen molar-refractivity contribution < 1.29 is 9.47 Å². The highest BCUT2D eigenvalue weighted by atomic mass is 32.1. The Balaban J connectivity index is 2.05. The van der Waals surface area contributed by atoms with Crippen molar-refractivity contribution in [3.8, 4) is 0 Å². The highest BCUT2D eigenvalue weighted by Gasteiger charge is 2.21. The molecule has 2 heterocycles. The van der Waals surface area contributed by atoms with Crippen LogP contribution in [0, 0.1) is 0 Å². The number of rotatable bonds is 3. The standard InChI is InChI=1S/C9H15N3O2S/c1-6(10-2)8-11-12-9(15-8)7-5-13-3-4-14-7/h6-7,10H,3-5H2,1-2H3. The van der Waals surface area contributed by atoms with E-state index in [2.05, 4.69) is 22.4 Å². The van der Waals surface area contributed by atoms with Crippen LogP contribution < -0.4 is 5.32 Å². The Kier molecular flexibility index (Phi) is 3.63. The first kappa shape index (κ1) is 10.9. The fourth-order valence-electron chi connectivity index (χ4n) is 1.31. The molecule has 1 aliphatic heterocycles. The summed E-state index contributed by atoms with van der Waals surface area (Å²) in [5.74, 6) is 0. The van der Waals surface area contributed by atoms with E-state index in [0.717, 1.165) is 10.0 Å². The van der Waals surface area contributed by atoms with E-state index in [1.807, 2.05) is 7.05 Å². The molecule has 0 saturated carbocycles. The van der Waals surface area contributed by atoms with Gasteiger partial charge in [0.1, 0.15) is 16.1 Å². The van der Waals surface area contributed by atoms with Crippen molar-refractivity contribution >= 4 is 11.3 Å². The van der Waals surface area contributed by atoms with Crippen LogP contribution in [0.4, 0.5) is 0 Å². The Morgan fingerprint density at radius 2 is 2.33 bits per heavy atom. The zero-order chi connectivity index (χ0) is 10.7. The predicted molar refractivity (Wildman–Crippen MR) is 56.9 cm³/mol. The summed E-state index contributed by atoms with van der Waals surface area (Å²) < 4.78 is 10.9. The second-order valence-electron chi connectivity index (χ2n) is 3.42. The van der Waals surface area contributed by atoms with E-state index in [1.54, 1.807) is 11.3 Å². The summed E-state index contributed by atoms with van der Waals surface area (Å²) in [4.78, 5) is 0. The van der Waals surface area contributed by atoms with Gasteiger partial charge < -0.3 is 14.8 Å². The molecule has 1 fully saturated rings. The first-order valence-electron chi connectivity index (χ1n) is 5.01. The largest absolute Gasteiger partial charge is 0.376 e. The summed E-state index contributed by atoms with van der Waals surface area (Å²) in [7, 11) is 1.91. The van der Waals surface area contributed by atoms with Crippen LogP contribution in [0.1, 0.15) is 29.1 Å². The normalized spacial score (nSPS) is 24.0. The monoisotopic (exact) mass is 229 g/mol. The van der Waals surface area contributed by atoms with Gasteiger partial charge in [0.2, 0.25) is 0 Å². The molecule has 0 radical (unpaired) electrons. The Bertz CT molecular complexity index is 312. The highest BCUT2D eigenvalue weighted by Crippen LogP contribution is 2.26. The summed E-state index contributed by atoms with van der Waals surface area (Å²) in [5, 5.41) is 13.3. The van der Waals surface area contributed by atoms with Crippen LogP contribution in [0.25, 0.3) is 0 Å². The van der Waals surface area contributed by atoms with Crippen LogP contribution in [-0.4, -0.2) is 37.1 Å². The topological polar surface area (TPSA) is 56.3 Å². The predicted octanol–water partition coefficient (Wildman–Crippen LogP) is 0.906. The smallest absolute Gasteiger partial charge is 0.148 e. The second kappa shape index (κ2) is 4.98. The first-order chi connectivity index (χ1) is 7.31. The van der Waals surface area contributed by atoms with Crippen LogP contribution in [0.15, 0.2) is 0 Å². The number of aromatic nitrogens is 2. The summed E-state index contributed by atoms with van der Waals surface area (Å²) >= 11 is 1.58. The average Bonchev–Trinajstić information content (AvgIpc) is 2.78. The van der Waals surface area contributed by atoms with Gasteiger partial charge in [-0.1, -0.05) is 11.3 Å². The van der Waals surface area contributed by atoms with Crippen LogP contribution >= 0.6 is 11.3 Å². The van der Waals surface area contributed by atoms with Gasteiger partial charge in [0, 0.05) is 0 Å². The number of nitrogens with one attached hydrogen (secondary N) is 1. The van der Waals surface area contributed by atoms with E-state index in [4.69, 9.17) is 9.47 Å². The van der Waals surface area contributed by atoms with Gasteiger partial charge in [-0.25, -0.2) is 0 Å². The molecule has 0 bridgehead atoms.